The van der Waals surface area contributed by atoms with Crippen molar-refractivity contribution < 1.29 is 44.2 Å². The molecule has 13 heteroatoms. The summed E-state index contributed by atoms with van der Waals surface area (Å²) in [6.45, 7) is 3.51. The number of rotatable bonds is 5. The van der Waals surface area contributed by atoms with Gasteiger partial charge in [0.2, 0.25) is 5.09 Å². The maximum Gasteiger partial charge on any atom is 0.346 e. The molecule has 0 radical (unpaired) electrons. The van der Waals surface area contributed by atoms with Crippen molar-refractivity contribution in [1.82, 2.24) is 0 Å². The van der Waals surface area contributed by atoms with Gasteiger partial charge in [0.25, 0.3) is 16.3 Å². The second-order valence-electron chi connectivity index (χ2n) is 3.84. The van der Waals surface area contributed by atoms with Crippen molar-refractivity contribution in [2.24, 2.45) is 3.77 Å². The van der Waals surface area contributed by atoms with Crippen LogP contribution in [0.2, 0.25) is 0 Å². The Labute approximate surface area is 122 Å². The van der Waals surface area contributed by atoms with Crippen LogP contribution in [-0.4, -0.2) is 25.0 Å². The Hall–Kier alpha value is -1.57. The van der Waals surface area contributed by atoms with E-state index in [2.05, 4.69) is 14.7 Å². The lowest BCUT2D eigenvalue weighted by Crippen LogP contribution is -2.13. The van der Waals surface area contributed by atoms with Crippen LogP contribution >= 0.6 is 0 Å². The Morgan fingerprint density at radius 3 is 2.55 bits per heavy atom. The largest absolute Gasteiger partial charge is 0.460 e. The molecule has 2 atom stereocenters. The highest BCUT2D eigenvalue weighted by Gasteiger charge is 2.32. The molecule has 0 N–H and O–H groups in total. The van der Waals surface area contributed by atoms with Crippen molar-refractivity contribution in [3.05, 3.63) is 30.2 Å². The maximum atomic E-state index is 12.3. The minimum atomic E-state index is -5.37. The average Bonchev–Trinajstić information content (AvgIpc) is 3.06. The molecule has 2 heterocycles. The molecule has 1 fully saturated rings. The van der Waals surface area contributed by atoms with Gasteiger partial charge in [-0.25, -0.2) is 4.21 Å². The molecule has 124 valence electrons. The van der Waals surface area contributed by atoms with Crippen molar-refractivity contribution >= 4 is 20.0 Å². The van der Waals surface area contributed by atoms with Crippen LogP contribution in [0.25, 0.3) is 0 Å². The molecule has 0 spiro atoms. The van der Waals surface area contributed by atoms with Crippen LogP contribution < -0.4 is 0 Å². The Balaban J connectivity index is 2.36. The fraction of sp³-hybridized carbons (Fsp3) is 0.333. The number of nitrogens with zero attached hydrogens (tertiary/aromatic N) is 1. The van der Waals surface area contributed by atoms with E-state index in [1.165, 1.54) is 0 Å². The SMILES string of the molecule is C=C1COC(c2ccc(S(=O)(=O)N=S(=O)(OF)C(F)F)o2)O1. The summed E-state index contributed by atoms with van der Waals surface area (Å²) in [6.07, 6.45) is -1.08. The molecule has 22 heavy (non-hydrogen) atoms. The van der Waals surface area contributed by atoms with Gasteiger partial charge >= 0.3 is 15.8 Å². The van der Waals surface area contributed by atoms with Crippen molar-refractivity contribution in [2.45, 2.75) is 17.1 Å². The van der Waals surface area contributed by atoms with Crippen LogP contribution in [0.15, 0.2) is 37.7 Å². The Kier molecular flexibility index (Phi) is 4.51. The van der Waals surface area contributed by atoms with Crippen LogP contribution in [0, 0.1) is 0 Å². The smallest absolute Gasteiger partial charge is 0.346 e. The average molecular weight is 363 g/mol. The van der Waals surface area contributed by atoms with E-state index in [0.717, 1.165) is 12.1 Å². The van der Waals surface area contributed by atoms with Gasteiger partial charge in [0, 0.05) is 0 Å². The van der Waals surface area contributed by atoms with Gasteiger partial charge in [-0.2, -0.15) is 17.2 Å². The molecule has 1 aromatic rings. The fourth-order valence-corrected chi connectivity index (χ4v) is 3.61. The second-order valence-corrected chi connectivity index (χ2v) is 7.31. The van der Waals surface area contributed by atoms with Crippen LogP contribution in [0.5, 0.6) is 0 Å². The predicted molar refractivity (Wildman–Crippen MR) is 63.6 cm³/mol. The summed E-state index contributed by atoms with van der Waals surface area (Å²) in [5.74, 6) is -3.84. The summed E-state index contributed by atoms with van der Waals surface area (Å²) < 4.78 is 90.8. The quantitative estimate of drug-likeness (QED) is 0.788. The van der Waals surface area contributed by atoms with Gasteiger partial charge in [0.1, 0.15) is 12.4 Å². The van der Waals surface area contributed by atoms with Gasteiger partial charge < -0.3 is 13.9 Å². The van der Waals surface area contributed by atoms with Gasteiger partial charge in [0.15, 0.2) is 5.76 Å². The maximum absolute atomic E-state index is 12.3. The topological polar surface area (TPSA) is 104 Å². The summed E-state index contributed by atoms with van der Waals surface area (Å²) in [7, 11) is -10.4. The Morgan fingerprint density at radius 1 is 1.36 bits per heavy atom. The highest BCUT2D eigenvalue weighted by molar-refractivity contribution is 8.01. The number of halogens is 3. The summed E-state index contributed by atoms with van der Waals surface area (Å²) >= 11 is 0. The zero-order valence-corrected chi connectivity index (χ0v) is 12.1. The lowest BCUT2D eigenvalue weighted by molar-refractivity contribution is -0.0511. The molecule has 1 aliphatic rings. The molecule has 0 aromatic carbocycles. The number of furan rings is 1. The van der Waals surface area contributed by atoms with Gasteiger partial charge in [-0.1, -0.05) is 14.7 Å². The zero-order chi connectivity index (χ0) is 16.5. The minimum absolute atomic E-state index is 0.0483. The van der Waals surface area contributed by atoms with Crippen molar-refractivity contribution in [2.75, 3.05) is 6.61 Å². The highest BCUT2D eigenvalue weighted by Crippen LogP contribution is 2.31. The molecule has 1 aromatic heterocycles. The first-order chi connectivity index (χ1) is 10.2. The molecule has 0 amide bonds. The number of ether oxygens (including phenoxy) is 2. The monoisotopic (exact) mass is 363 g/mol. The summed E-state index contributed by atoms with van der Waals surface area (Å²) in [5.41, 5.74) is 0. The van der Waals surface area contributed by atoms with E-state index in [1.807, 2.05) is 0 Å². The Morgan fingerprint density at radius 2 is 2.05 bits per heavy atom. The van der Waals surface area contributed by atoms with Crippen LogP contribution in [-0.2, 0) is 33.9 Å². The molecule has 8 nitrogen and oxygen atoms in total. The van der Waals surface area contributed by atoms with Crippen molar-refractivity contribution in [3.8, 4) is 0 Å². The summed E-state index contributed by atoms with van der Waals surface area (Å²) in [5, 5.41) is -0.961. The number of hydrogen-bond donors (Lipinski definition) is 0. The first-order valence-electron chi connectivity index (χ1n) is 5.34. The van der Waals surface area contributed by atoms with E-state index in [1.54, 1.807) is 0 Å². The third kappa shape index (κ3) is 3.26. The first-order valence-corrected chi connectivity index (χ1v) is 8.28. The molecule has 0 bridgehead atoms. The van der Waals surface area contributed by atoms with E-state index in [9.17, 15) is 25.9 Å². The molecular formula is C9H8F3NO7S2. The van der Waals surface area contributed by atoms with Gasteiger partial charge in [0.05, 0.1) is 0 Å². The molecule has 0 saturated carbocycles. The second kappa shape index (κ2) is 5.91. The van der Waals surface area contributed by atoms with Crippen LogP contribution in [0.3, 0.4) is 0 Å². The third-order valence-corrected chi connectivity index (χ3v) is 5.25. The standard InChI is InChI=1S/C9H8F3NO7S2/c1-5-4-17-8(18-5)6-2-3-7(19-6)21(14,15)13-22(16,20-12)9(10)11/h2-3,8-9H,1,4H2. The molecule has 1 aliphatic heterocycles. The number of alkyl halides is 2. The van der Waals surface area contributed by atoms with E-state index >= 15 is 0 Å². The highest BCUT2D eigenvalue weighted by atomic mass is 32.3. The van der Waals surface area contributed by atoms with E-state index < -0.39 is 37.2 Å². The van der Waals surface area contributed by atoms with E-state index in [-0.39, 0.29) is 18.1 Å². The van der Waals surface area contributed by atoms with Crippen LogP contribution in [0.4, 0.5) is 13.3 Å². The predicted octanol–water partition coefficient (Wildman–Crippen LogP) is 2.03. The molecule has 0 aliphatic carbocycles. The van der Waals surface area contributed by atoms with Crippen LogP contribution in [0.1, 0.15) is 12.1 Å². The summed E-state index contributed by atoms with van der Waals surface area (Å²) in [6, 6.07) is 1.93. The normalized spacial score (nSPS) is 21.6. The first kappa shape index (κ1) is 16.8. The van der Waals surface area contributed by atoms with Crippen molar-refractivity contribution in [1.29, 1.82) is 0 Å². The lowest BCUT2D eigenvalue weighted by Gasteiger charge is -2.05. The third-order valence-electron chi connectivity index (χ3n) is 2.28. The molecule has 2 rings (SSSR count). The van der Waals surface area contributed by atoms with E-state index in [4.69, 9.17) is 13.9 Å². The molecule has 1 saturated heterocycles. The van der Waals surface area contributed by atoms with E-state index in [0.29, 0.717) is 0 Å². The van der Waals surface area contributed by atoms with Gasteiger partial charge in [-0.05, 0) is 16.7 Å². The summed E-state index contributed by atoms with van der Waals surface area (Å²) in [4.78, 5) is 0. The lowest BCUT2D eigenvalue weighted by atomic mass is 10.4. The van der Waals surface area contributed by atoms with Crippen molar-refractivity contribution in [3.63, 3.8) is 0 Å². The van der Waals surface area contributed by atoms with Gasteiger partial charge in [-0.15, -0.1) is 0 Å². The minimum Gasteiger partial charge on any atom is -0.460 e. The molecular weight excluding hydrogens is 355 g/mol. The molecule has 2 unspecified atom stereocenters. The zero-order valence-electron chi connectivity index (χ0n) is 10.5. The van der Waals surface area contributed by atoms with Gasteiger partial charge in [-0.3, -0.25) is 0 Å². The Bertz CT molecular complexity index is 794. The fourth-order valence-electron chi connectivity index (χ4n) is 1.37. The number of hydrogen-bond acceptors (Lipinski definition) is 7. The number of sulfonamides is 1.